The molecule has 6 rings (SSSR count). The summed E-state index contributed by atoms with van der Waals surface area (Å²) >= 11 is 0. The number of para-hydroxylation sites is 1. The van der Waals surface area contributed by atoms with Crippen LogP contribution in [-0.4, -0.2) is 45.0 Å². The first-order valence-corrected chi connectivity index (χ1v) is 12.2. The van der Waals surface area contributed by atoms with Gasteiger partial charge in [-0.1, -0.05) is 12.1 Å². The van der Waals surface area contributed by atoms with Crippen molar-refractivity contribution in [1.82, 2.24) is 4.90 Å². The second-order valence-corrected chi connectivity index (χ2v) is 8.98. The van der Waals surface area contributed by atoms with Gasteiger partial charge in [-0.15, -0.1) is 0 Å². The number of methoxy groups -OCH3 is 2. The van der Waals surface area contributed by atoms with Gasteiger partial charge < -0.3 is 33.0 Å². The second-order valence-electron chi connectivity index (χ2n) is 8.98. The third kappa shape index (κ3) is 4.15. The molecule has 0 spiro atoms. The Morgan fingerprint density at radius 1 is 0.947 bits per heavy atom. The number of ether oxygens (including phenoxy) is 5. The van der Waals surface area contributed by atoms with Crippen LogP contribution >= 0.6 is 0 Å². The van der Waals surface area contributed by atoms with E-state index in [4.69, 9.17) is 28.1 Å². The Hall–Kier alpha value is -4.66. The van der Waals surface area contributed by atoms with Gasteiger partial charge in [0.25, 0.3) is 5.91 Å². The van der Waals surface area contributed by atoms with E-state index in [-0.39, 0.29) is 19.3 Å². The fraction of sp³-hybridized carbons (Fsp3) is 0.241. The smallest absolute Gasteiger partial charge is 0.339 e. The van der Waals surface area contributed by atoms with E-state index in [2.05, 4.69) is 0 Å². The first-order valence-electron chi connectivity index (χ1n) is 12.2. The molecule has 38 heavy (non-hydrogen) atoms. The lowest BCUT2D eigenvalue weighted by atomic mass is 9.91. The van der Waals surface area contributed by atoms with Crippen molar-refractivity contribution in [3.63, 3.8) is 0 Å². The summed E-state index contributed by atoms with van der Waals surface area (Å²) in [5.41, 5.74) is 2.31. The highest BCUT2D eigenvalue weighted by Gasteiger charge is 2.34. The molecule has 1 aromatic heterocycles. The maximum Gasteiger partial charge on any atom is 0.339 e. The van der Waals surface area contributed by atoms with Gasteiger partial charge in [-0.3, -0.25) is 4.79 Å². The number of carbonyl (C=O) groups excluding carboxylic acids is 1. The van der Waals surface area contributed by atoms with Crippen LogP contribution in [0.2, 0.25) is 0 Å². The molecule has 9 nitrogen and oxygen atoms in total. The summed E-state index contributed by atoms with van der Waals surface area (Å²) in [6.07, 6.45) is 0.625. The molecule has 0 bridgehead atoms. The zero-order valence-corrected chi connectivity index (χ0v) is 20.9. The van der Waals surface area contributed by atoms with E-state index < -0.39 is 11.7 Å². The van der Waals surface area contributed by atoms with Crippen molar-refractivity contribution < 1.29 is 32.9 Å². The summed E-state index contributed by atoms with van der Waals surface area (Å²) in [5, 5.41) is 0.670. The van der Waals surface area contributed by atoms with E-state index in [0.717, 1.165) is 11.1 Å². The topological polar surface area (TPSA) is 96.7 Å². The van der Waals surface area contributed by atoms with E-state index in [1.807, 2.05) is 24.3 Å². The van der Waals surface area contributed by atoms with Gasteiger partial charge in [0.2, 0.25) is 6.79 Å². The zero-order valence-electron chi connectivity index (χ0n) is 20.9. The number of fused-ring (bicyclic) bond motifs is 3. The molecule has 3 heterocycles. The van der Waals surface area contributed by atoms with Crippen LogP contribution in [-0.2, 0) is 6.42 Å². The Bertz CT molecular complexity index is 1590. The average molecular weight is 516 g/mol. The van der Waals surface area contributed by atoms with Crippen molar-refractivity contribution in [3.8, 4) is 28.7 Å². The fourth-order valence-electron chi connectivity index (χ4n) is 5.02. The van der Waals surface area contributed by atoms with Crippen LogP contribution in [0.25, 0.3) is 11.0 Å². The molecular weight excluding hydrogens is 490 g/mol. The molecule has 1 unspecified atom stereocenters. The van der Waals surface area contributed by atoms with Gasteiger partial charge in [-0.05, 0) is 60.0 Å². The number of nitrogens with zero attached hydrogens (tertiary/aromatic N) is 1. The van der Waals surface area contributed by atoms with Crippen LogP contribution in [0.15, 0.2) is 69.9 Å². The minimum Gasteiger partial charge on any atom is -0.493 e. The van der Waals surface area contributed by atoms with Crippen molar-refractivity contribution in [2.75, 3.05) is 34.2 Å². The molecule has 0 aliphatic carbocycles. The van der Waals surface area contributed by atoms with Crippen LogP contribution in [0.3, 0.4) is 0 Å². The van der Waals surface area contributed by atoms with Gasteiger partial charge in [0.1, 0.15) is 17.9 Å². The normalized spacial score (nSPS) is 15.7. The van der Waals surface area contributed by atoms with Crippen LogP contribution in [0.1, 0.15) is 27.5 Å². The Kier molecular flexibility index (Phi) is 6.03. The maximum absolute atomic E-state index is 13.8. The molecule has 0 radical (unpaired) electrons. The van der Waals surface area contributed by atoms with E-state index in [1.54, 1.807) is 49.5 Å². The first-order chi connectivity index (χ1) is 18.6. The molecule has 0 fully saturated rings. The van der Waals surface area contributed by atoms with Gasteiger partial charge in [0.05, 0.1) is 31.7 Å². The molecule has 0 saturated heterocycles. The van der Waals surface area contributed by atoms with E-state index >= 15 is 0 Å². The fourth-order valence-corrected chi connectivity index (χ4v) is 5.02. The molecule has 2 aliphatic heterocycles. The maximum atomic E-state index is 13.8. The van der Waals surface area contributed by atoms with Crippen molar-refractivity contribution in [2.45, 2.75) is 12.5 Å². The van der Waals surface area contributed by atoms with E-state index in [9.17, 15) is 9.59 Å². The molecule has 0 N–H and O–H groups in total. The Labute approximate surface area is 218 Å². The number of amides is 1. The Morgan fingerprint density at radius 3 is 2.58 bits per heavy atom. The Balaban J connectivity index is 1.39. The molecular formula is C29H25NO8. The van der Waals surface area contributed by atoms with Crippen LogP contribution in [0, 0.1) is 0 Å². The SMILES string of the molecule is COc1cc2c(cc1OC)C(COc1cc(=O)oc3ccccc13)N(C(=O)c1ccc3c(c1)OCO3)CC2. The van der Waals surface area contributed by atoms with Crippen LogP contribution < -0.4 is 29.3 Å². The predicted octanol–water partition coefficient (Wildman–Crippen LogP) is 4.36. The lowest BCUT2D eigenvalue weighted by Crippen LogP contribution is -2.42. The monoisotopic (exact) mass is 515 g/mol. The standard InChI is InChI=1S/C29H25NO8/c1-33-25-11-17-9-10-30(29(32)18-7-8-23-27(12-18)37-16-36-23)21(20(17)13-26(25)34-2)15-35-24-14-28(31)38-22-6-4-3-5-19(22)24/h3-8,11-14,21H,9-10,15-16H2,1-2H3. The largest absolute Gasteiger partial charge is 0.493 e. The quantitative estimate of drug-likeness (QED) is 0.350. The van der Waals surface area contributed by atoms with Gasteiger partial charge in [-0.2, -0.15) is 0 Å². The zero-order chi connectivity index (χ0) is 26.2. The number of rotatable bonds is 6. The van der Waals surface area contributed by atoms with Gasteiger partial charge >= 0.3 is 5.63 Å². The first kappa shape index (κ1) is 23.7. The third-order valence-corrected chi connectivity index (χ3v) is 6.89. The number of hydrogen-bond donors (Lipinski definition) is 0. The third-order valence-electron chi connectivity index (χ3n) is 6.89. The molecule has 2 aliphatic rings. The minimum atomic E-state index is -0.512. The lowest BCUT2D eigenvalue weighted by molar-refractivity contribution is 0.0589. The molecule has 1 atom stereocenters. The average Bonchev–Trinajstić information content (AvgIpc) is 3.42. The summed E-state index contributed by atoms with van der Waals surface area (Å²) in [4.78, 5) is 27.8. The molecule has 9 heteroatoms. The van der Waals surface area contributed by atoms with Crippen molar-refractivity contribution in [3.05, 3.63) is 87.8 Å². The summed E-state index contributed by atoms with van der Waals surface area (Å²) < 4.78 is 33.5. The van der Waals surface area contributed by atoms with Crippen LogP contribution in [0.5, 0.6) is 28.7 Å². The molecule has 4 aromatic rings. The second kappa shape index (κ2) is 9.66. The number of carbonyl (C=O) groups is 1. The van der Waals surface area contributed by atoms with Gasteiger partial charge in [-0.25, -0.2) is 4.79 Å². The lowest BCUT2D eigenvalue weighted by Gasteiger charge is -2.37. The van der Waals surface area contributed by atoms with E-state index in [1.165, 1.54) is 6.07 Å². The molecule has 194 valence electrons. The summed E-state index contributed by atoms with van der Waals surface area (Å²) in [5.74, 6) is 2.54. The minimum absolute atomic E-state index is 0.103. The number of benzene rings is 3. The van der Waals surface area contributed by atoms with Gasteiger partial charge in [0.15, 0.2) is 23.0 Å². The number of hydrogen-bond acceptors (Lipinski definition) is 8. The van der Waals surface area contributed by atoms with Crippen LogP contribution in [0.4, 0.5) is 0 Å². The molecule has 1 amide bonds. The highest BCUT2D eigenvalue weighted by atomic mass is 16.7. The highest BCUT2D eigenvalue weighted by molar-refractivity contribution is 5.95. The van der Waals surface area contributed by atoms with Crippen molar-refractivity contribution >= 4 is 16.9 Å². The predicted molar refractivity (Wildman–Crippen MR) is 138 cm³/mol. The highest BCUT2D eigenvalue weighted by Crippen LogP contribution is 2.40. The van der Waals surface area contributed by atoms with Crippen molar-refractivity contribution in [1.29, 1.82) is 0 Å². The Morgan fingerprint density at radius 2 is 1.74 bits per heavy atom. The summed E-state index contributed by atoms with van der Waals surface area (Å²) in [6, 6.07) is 17.0. The van der Waals surface area contributed by atoms with E-state index in [0.29, 0.717) is 58.2 Å². The molecule has 0 saturated carbocycles. The summed E-state index contributed by atoms with van der Waals surface area (Å²) in [6.45, 7) is 0.689. The molecule has 3 aromatic carbocycles. The van der Waals surface area contributed by atoms with Crippen molar-refractivity contribution in [2.24, 2.45) is 0 Å². The summed E-state index contributed by atoms with van der Waals surface area (Å²) in [7, 11) is 3.17. The van der Waals surface area contributed by atoms with Gasteiger partial charge in [0, 0.05) is 12.1 Å².